The molecule has 1 rings (SSSR count). The summed E-state index contributed by atoms with van der Waals surface area (Å²) in [5.41, 5.74) is 0.865. The average Bonchev–Trinajstić information content (AvgIpc) is 2.66. The van der Waals surface area contributed by atoms with Crippen LogP contribution in [0.4, 0.5) is 8.78 Å². The molecule has 9 heteroatoms. The Kier molecular flexibility index (Phi) is 11.9. The van der Waals surface area contributed by atoms with Crippen LogP contribution in [-0.2, 0) is 11.3 Å². The van der Waals surface area contributed by atoms with Crippen LogP contribution in [0.2, 0.25) is 0 Å². The van der Waals surface area contributed by atoms with E-state index in [0.717, 1.165) is 38.2 Å². The molecule has 0 aliphatic carbocycles. The van der Waals surface area contributed by atoms with E-state index in [1.54, 1.807) is 33.2 Å². The Hall–Kier alpha value is -2.13. The number of nitrogens with zero attached hydrogens (tertiary/aromatic N) is 2. The van der Waals surface area contributed by atoms with Crippen molar-refractivity contribution in [1.82, 2.24) is 15.5 Å². The summed E-state index contributed by atoms with van der Waals surface area (Å²) in [6, 6.07) is 4.88. The highest BCUT2D eigenvalue weighted by atomic mass is 19.3. The number of ether oxygens (including phenoxy) is 3. The first kappa shape index (κ1) is 23.9. The minimum absolute atomic E-state index is 0.0274. The van der Waals surface area contributed by atoms with Crippen LogP contribution in [0.15, 0.2) is 23.2 Å². The molecule has 160 valence electrons. The van der Waals surface area contributed by atoms with Crippen molar-refractivity contribution in [3.05, 3.63) is 23.8 Å². The number of aliphatic imine (C=N–C) groups is 1. The van der Waals surface area contributed by atoms with Gasteiger partial charge in [-0.1, -0.05) is 6.07 Å². The Balaban J connectivity index is 2.48. The van der Waals surface area contributed by atoms with Crippen molar-refractivity contribution >= 4 is 5.96 Å². The summed E-state index contributed by atoms with van der Waals surface area (Å²) in [6.07, 6.45) is 0.993. The first-order valence-corrected chi connectivity index (χ1v) is 9.32. The molecule has 0 aromatic heterocycles. The van der Waals surface area contributed by atoms with Crippen molar-refractivity contribution in [3.8, 4) is 11.5 Å². The van der Waals surface area contributed by atoms with E-state index in [-0.39, 0.29) is 5.75 Å². The molecule has 0 aliphatic rings. The Morgan fingerprint density at radius 3 is 2.64 bits per heavy atom. The van der Waals surface area contributed by atoms with Crippen molar-refractivity contribution in [1.29, 1.82) is 0 Å². The summed E-state index contributed by atoms with van der Waals surface area (Å²) in [6.45, 7) is 3.07. The van der Waals surface area contributed by atoms with Gasteiger partial charge in [0.05, 0.1) is 6.61 Å². The van der Waals surface area contributed by atoms with Gasteiger partial charge in [0.25, 0.3) is 0 Å². The Bertz CT molecular complexity index is 588. The highest BCUT2D eigenvalue weighted by Gasteiger charge is 2.12. The van der Waals surface area contributed by atoms with Crippen molar-refractivity contribution in [2.45, 2.75) is 26.5 Å². The van der Waals surface area contributed by atoms with E-state index in [1.165, 1.54) is 6.07 Å². The number of likely N-dealkylation sites (N-methyl/N-ethyl adjacent to an activating group) is 1. The van der Waals surface area contributed by atoms with Crippen LogP contribution >= 0.6 is 0 Å². The quantitative estimate of drug-likeness (QED) is 0.300. The fraction of sp³-hybridized carbons (Fsp3) is 0.632. The molecule has 1 aromatic rings. The first-order chi connectivity index (χ1) is 13.5. The van der Waals surface area contributed by atoms with E-state index in [1.807, 2.05) is 0 Å². The van der Waals surface area contributed by atoms with Gasteiger partial charge in [-0.15, -0.1) is 0 Å². The second-order valence-corrected chi connectivity index (χ2v) is 6.09. The SMILES string of the molecule is CCOc1cc(CNC(=NC)NCCN(C)CCCOC)ccc1OC(F)F. The summed E-state index contributed by atoms with van der Waals surface area (Å²) in [7, 11) is 5.46. The normalized spacial score (nSPS) is 11.8. The third-order valence-corrected chi connectivity index (χ3v) is 3.88. The average molecular weight is 402 g/mol. The molecule has 7 nitrogen and oxygen atoms in total. The van der Waals surface area contributed by atoms with Crippen molar-refractivity contribution < 1.29 is 23.0 Å². The molecule has 2 N–H and O–H groups in total. The van der Waals surface area contributed by atoms with Gasteiger partial charge in [0.15, 0.2) is 17.5 Å². The van der Waals surface area contributed by atoms with Gasteiger partial charge < -0.3 is 29.7 Å². The molecule has 0 fully saturated rings. The monoisotopic (exact) mass is 402 g/mol. The molecule has 0 saturated carbocycles. The standard InChI is InChI=1S/C19H32F2N4O3/c1-5-27-17-13-15(7-8-16(17)28-18(20)21)14-24-19(22-2)23-9-11-25(3)10-6-12-26-4/h7-8,13,18H,5-6,9-12,14H2,1-4H3,(H2,22,23,24). The number of alkyl halides is 2. The number of rotatable bonds is 13. The molecular formula is C19H32F2N4O3. The summed E-state index contributed by atoms with van der Waals surface area (Å²) in [5.74, 6) is 0.985. The maximum atomic E-state index is 12.5. The van der Waals surface area contributed by atoms with Crippen LogP contribution in [0.5, 0.6) is 11.5 Å². The third kappa shape index (κ3) is 9.70. The van der Waals surface area contributed by atoms with Crippen LogP contribution in [-0.4, -0.2) is 71.5 Å². The number of hydrogen-bond acceptors (Lipinski definition) is 5. The lowest BCUT2D eigenvalue weighted by Gasteiger charge is -2.18. The zero-order valence-electron chi connectivity index (χ0n) is 17.1. The molecule has 0 atom stereocenters. The minimum Gasteiger partial charge on any atom is -0.490 e. The number of benzene rings is 1. The minimum atomic E-state index is -2.89. The summed E-state index contributed by atoms with van der Waals surface area (Å²) in [4.78, 5) is 6.41. The van der Waals surface area contributed by atoms with Gasteiger partial charge >= 0.3 is 6.61 Å². The van der Waals surface area contributed by atoms with Gasteiger partial charge in [-0.2, -0.15) is 8.78 Å². The molecule has 0 radical (unpaired) electrons. The van der Waals surface area contributed by atoms with Gasteiger partial charge in [0, 0.05) is 46.9 Å². The van der Waals surface area contributed by atoms with Crippen LogP contribution < -0.4 is 20.1 Å². The van der Waals surface area contributed by atoms with E-state index in [4.69, 9.17) is 9.47 Å². The highest BCUT2D eigenvalue weighted by Crippen LogP contribution is 2.29. The Morgan fingerprint density at radius 1 is 1.21 bits per heavy atom. The number of nitrogens with one attached hydrogen (secondary N) is 2. The lowest BCUT2D eigenvalue weighted by atomic mass is 10.2. The van der Waals surface area contributed by atoms with Gasteiger partial charge in [0.2, 0.25) is 0 Å². The van der Waals surface area contributed by atoms with E-state index in [2.05, 4.69) is 32.3 Å². The maximum Gasteiger partial charge on any atom is 0.387 e. The van der Waals surface area contributed by atoms with Gasteiger partial charge in [-0.3, -0.25) is 4.99 Å². The second kappa shape index (κ2) is 14.0. The maximum absolute atomic E-state index is 12.5. The lowest BCUT2D eigenvalue weighted by Crippen LogP contribution is -2.40. The molecule has 0 aliphatic heterocycles. The van der Waals surface area contributed by atoms with Crippen LogP contribution in [0.1, 0.15) is 18.9 Å². The molecule has 0 spiro atoms. The first-order valence-electron chi connectivity index (χ1n) is 9.32. The summed E-state index contributed by atoms with van der Waals surface area (Å²) >= 11 is 0. The van der Waals surface area contributed by atoms with Crippen LogP contribution in [0.3, 0.4) is 0 Å². The molecule has 1 aromatic carbocycles. The van der Waals surface area contributed by atoms with Crippen molar-refractivity contribution in [3.63, 3.8) is 0 Å². The van der Waals surface area contributed by atoms with E-state index in [9.17, 15) is 8.78 Å². The molecular weight excluding hydrogens is 370 g/mol. The summed E-state index contributed by atoms with van der Waals surface area (Å²) < 4.78 is 39.9. The van der Waals surface area contributed by atoms with Gasteiger partial charge in [0.1, 0.15) is 0 Å². The molecule has 0 saturated heterocycles. The van der Waals surface area contributed by atoms with E-state index in [0.29, 0.717) is 24.9 Å². The zero-order chi connectivity index (χ0) is 20.8. The zero-order valence-corrected chi connectivity index (χ0v) is 17.1. The lowest BCUT2D eigenvalue weighted by molar-refractivity contribution is -0.0514. The highest BCUT2D eigenvalue weighted by molar-refractivity contribution is 5.79. The van der Waals surface area contributed by atoms with Crippen LogP contribution in [0, 0.1) is 0 Å². The molecule has 0 heterocycles. The van der Waals surface area contributed by atoms with E-state index >= 15 is 0 Å². The largest absolute Gasteiger partial charge is 0.490 e. The van der Waals surface area contributed by atoms with E-state index < -0.39 is 6.61 Å². The topological polar surface area (TPSA) is 67.4 Å². The molecule has 0 bridgehead atoms. The van der Waals surface area contributed by atoms with Crippen LogP contribution in [0.25, 0.3) is 0 Å². The fourth-order valence-electron chi connectivity index (χ4n) is 2.49. The van der Waals surface area contributed by atoms with Gasteiger partial charge in [-0.05, 0) is 38.1 Å². The Morgan fingerprint density at radius 2 is 2.00 bits per heavy atom. The number of methoxy groups -OCH3 is 1. The smallest absolute Gasteiger partial charge is 0.387 e. The molecule has 28 heavy (non-hydrogen) atoms. The predicted octanol–water partition coefficient (Wildman–Crippen LogP) is 2.32. The number of guanidine groups is 1. The third-order valence-electron chi connectivity index (χ3n) is 3.88. The van der Waals surface area contributed by atoms with Crippen molar-refractivity contribution in [2.75, 3.05) is 54.1 Å². The number of halogens is 2. The molecule has 0 amide bonds. The van der Waals surface area contributed by atoms with Crippen molar-refractivity contribution in [2.24, 2.45) is 4.99 Å². The fourth-order valence-corrected chi connectivity index (χ4v) is 2.49. The number of hydrogen-bond donors (Lipinski definition) is 2. The van der Waals surface area contributed by atoms with Gasteiger partial charge in [-0.25, -0.2) is 0 Å². The predicted molar refractivity (Wildman–Crippen MR) is 106 cm³/mol. The Labute approximate surface area is 166 Å². The molecule has 0 unspecified atom stereocenters. The second-order valence-electron chi connectivity index (χ2n) is 6.09. The summed E-state index contributed by atoms with van der Waals surface area (Å²) in [5, 5.41) is 6.45.